The molecule has 2 atom stereocenters. The molecule has 25 heavy (non-hydrogen) atoms. The van der Waals surface area contributed by atoms with Crippen molar-refractivity contribution in [2.75, 3.05) is 12.4 Å². The number of nitrogens with one attached hydrogen (secondary N) is 2. The van der Waals surface area contributed by atoms with Crippen molar-refractivity contribution in [3.63, 3.8) is 0 Å². The summed E-state index contributed by atoms with van der Waals surface area (Å²) in [6, 6.07) is 11.8. The van der Waals surface area contributed by atoms with Crippen LogP contribution in [0, 0.1) is 0 Å². The summed E-state index contributed by atoms with van der Waals surface area (Å²) in [5.74, 6) is 1.64. The maximum Gasteiger partial charge on any atom is 0.234 e. The van der Waals surface area contributed by atoms with Gasteiger partial charge in [-0.1, -0.05) is 30.3 Å². The Balaban J connectivity index is 1.68. The fraction of sp³-hybridized carbons (Fsp3) is 0.278. The van der Waals surface area contributed by atoms with Crippen LogP contribution in [0.5, 0.6) is 5.88 Å². The summed E-state index contributed by atoms with van der Waals surface area (Å²) in [5, 5.41) is 10.2. The average molecular weight is 339 g/mol. The lowest BCUT2D eigenvalue weighted by Gasteiger charge is -2.14. The van der Waals surface area contributed by atoms with Gasteiger partial charge in [0.25, 0.3) is 0 Å². The molecule has 0 aliphatic carbocycles. The molecule has 7 nitrogen and oxygen atoms in total. The molecule has 3 rings (SSSR count). The second-order valence-electron chi connectivity index (χ2n) is 5.62. The number of methoxy groups -OCH3 is 1. The number of aromatic amines is 1. The summed E-state index contributed by atoms with van der Waals surface area (Å²) in [5.41, 5.74) is 1.95. The standard InChI is InChI=1S/C18H21N5O2/c1-12(14-7-5-4-6-8-14)25-18-11-19-10-17(21-18)20-16-9-15(22-23-16)13(2)24-3/h4-13H,1-3H3,(H2,20,21,22,23)/t12-,13-/m0/s1. The van der Waals surface area contributed by atoms with E-state index in [4.69, 9.17) is 9.47 Å². The van der Waals surface area contributed by atoms with Crippen molar-refractivity contribution in [2.24, 2.45) is 0 Å². The van der Waals surface area contributed by atoms with Gasteiger partial charge in [-0.2, -0.15) is 10.1 Å². The summed E-state index contributed by atoms with van der Waals surface area (Å²) in [7, 11) is 1.65. The maximum absolute atomic E-state index is 5.88. The number of ether oxygens (including phenoxy) is 2. The SMILES string of the molecule is CO[C@@H](C)c1cc(Nc2cncc(O[C@@H](C)c3ccccc3)n2)n[nH]1. The molecule has 2 heterocycles. The first-order valence-corrected chi connectivity index (χ1v) is 8.04. The van der Waals surface area contributed by atoms with Crippen LogP contribution in [0.3, 0.4) is 0 Å². The molecule has 0 radical (unpaired) electrons. The van der Waals surface area contributed by atoms with Crippen molar-refractivity contribution in [1.29, 1.82) is 0 Å². The van der Waals surface area contributed by atoms with Gasteiger partial charge in [0.15, 0.2) is 11.6 Å². The minimum atomic E-state index is -0.120. The van der Waals surface area contributed by atoms with Gasteiger partial charge in [-0.05, 0) is 19.4 Å². The Morgan fingerprint density at radius 2 is 1.84 bits per heavy atom. The molecule has 0 amide bonds. The van der Waals surface area contributed by atoms with Gasteiger partial charge in [-0.25, -0.2) is 0 Å². The molecule has 0 unspecified atom stereocenters. The largest absolute Gasteiger partial charge is 0.469 e. The van der Waals surface area contributed by atoms with Crippen molar-refractivity contribution in [2.45, 2.75) is 26.1 Å². The van der Waals surface area contributed by atoms with Gasteiger partial charge >= 0.3 is 0 Å². The number of nitrogens with zero attached hydrogens (tertiary/aromatic N) is 3. The zero-order chi connectivity index (χ0) is 17.6. The summed E-state index contributed by atoms with van der Waals surface area (Å²) >= 11 is 0. The van der Waals surface area contributed by atoms with Crippen molar-refractivity contribution < 1.29 is 9.47 Å². The zero-order valence-electron chi connectivity index (χ0n) is 14.4. The van der Waals surface area contributed by atoms with Crippen LogP contribution in [0.4, 0.5) is 11.6 Å². The Morgan fingerprint density at radius 3 is 2.60 bits per heavy atom. The molecule has 0 aliphatic heterocycles. The van der Waals surface area contributed by atoms with E-state index in [2.05, 4.69) is 25.5 Å². The van der Waals surface area contributed by atoms with Crippen LogP contribution in [0.25, 0.3) is 0 Å². The highest BCUT2D eigenvalue weighted by Gasteiger charge is 2.11. The van der Waals surface area contributed by atoms with Crippen LogP contribution in [-0.4, -0.2) is 27.3 Å². The summed E-state index contributed by atoms with van der Waals surface area (Å²) < 4.78 is 11.1. The summed E-state index contributed by atoms with van der Waals surface area (Å²) in [4.78, 5) is 8.60. The van der Waals surface area contributed by atoms with Crippen LogP contribution in [0.2, 0.25) is 0 Å². The van der Waals surface area contributed by atoms with E-state index in [-0.39, 0.29) is 12.2 Å². The molecule has 130 valence electrons. The Labute approximate surface area is 146 Å². The van der Waals surface area contributed by atoms with Crippen molar-refractivity contribution in [3.05, 3.63) is 60.0 Å². The molecule has 0 fully saturated rings. The predicted molar refractivity (Wildman–Crippen MR) is 94.8 cm³/mol. The Bertz CT molecular complexity index is 806. The fourth-order valence-corrected chi connectivity index (χ4v) is 2.31. The normalized spacial score (nSPS) is 13.2. The van der Waals surface area contributed by atoms with E-state index in [0.29, 0.717) is 17.5 Å². The minimum absolute atomic E-state index is 0.0597. The molecule has 0 aliphatic rings. The van der Waals surface area contributed by atoms with E-state index in [1.807, 2.05) is 50.2 Å². The van der Waals surface area contributed by atoms with E-state index in [0.717, 1.165) is 11.3 Å². The van der Waals surface area contributed by atoms with Crippen molar-refractivity contribution in [3.8, 4) is 5.88 Å². The Kier molecular flexibility index (Phi) is 5.25. The third-order valence-electron chi connectivity index (χ3n) is 3.82. The highest BCUT2D eigenvalue weighted by molar-refractivity contribution is 5.51. The Morgan fingerprint density at radius 1 is 1.04 bits per heavy atom. The number of benzene rings is 1. The molecule has 0 spiro atoms. The third-order valence-corrected chi connectivity index (χ3v) is 3.82. The van der Waals surface area contributed by atoms with E-state index in [9.17, 15) is 0 Å². The van der Waals surface area contributed by atoms with Gasteiger partial charge < -0.3 is 14.8 Å². The molecule has 0 saturated heterocycles. The number of rotatable bonds is 7. The first-order chi connectivity index (χ1) is 12.2. The lowest BCUT2D eigenvalue weighted by atomic mass is 10.1. The zero-order valence-corrected chi connectivity index (χ0v) is 14.4. The predicted octanol–water partition coefficient (Wildman–Crippen LogP) is 3.79. The molecular formula is C18H21N5O2. The topological polar surface area (TPSA) is 84.9 Å². The molecule has 3 aromatic rings. The maximum atomic E-state index is 5.88. The highest BCUT2D eigenvalue weighted by Crippen LogP contribution is 2.22. The lowest BCUT2D eigenvalue weighted by molar-refractivity contribution is 0.116. The summed E-state index contributed by atoms with van der Waals surface area (Å²) in [6.45, 7) is 3.92. The average Bonchev–Trinajstić information content (AvgIpc) is 3.10. The number of aromatic nitrogens is 4. The second kappa shape index (κ2) is 7.76. The van der Waals surface area contributed by atoms with Gasteiger partial charge in [0.05, 0.1) is 24.2 Å². The number of H-pyrrole nitrogens is 1. The minimum Gasteiger partial charge on any atom is -0.469 e. The van der Waals surface area contributed by atoms with E-state index in [1.54, 1.807) is 19.5 Å². The highest BCUT2D eigenvalue weighted by atomic mass is 16.5. The van der Waals surface area contributed by atoms with Gasteiger partial charge in [0.2, 0.25) is 5.88 Å². The third kappa shape index (κ3) is 4.33. The van der Waals surface area contributed by atoms with E-state index < -0.39 is 0 Å². The van der Waals surface area contributed by atoms with Gasteiger partial charge in [-0.15, -0.1) is 0 Å². The molecule has 0 saturated carbocycles. The second-order valence-corrected chi connectivity index (χ2v) is 5.62. The molecule has 7 heteroatoms. The molecule has 2 aromatic heterocycles. The van der Waals surface area contributed by atoms with Crippen LogP contribution in [-0.2, 0) is 4.74 Å². The van der Waals surface area contributed by atoms with E-state index >= 15 is 0 Å². The quantitative estimate of drug-likeness (QED) is 0.681. The molecular weight excluding hydrogens is 318 g/mol. The smallest absolute Gasteiger partial charge is 0.234 e. The van der Waals surface area contributed by atoms with Crippen molar-refractivity contribution in [1.82, 2.24) is 20.2 Å². The fourth-order valence-electron chi connectivity index (χ4n) is 2.31. The molecule has 1 aromatic carbocycles. The van der Waals surface area contributed by atoms with Crippen LogP contribution in [0.15, 0.2) is 48.8 Å². The van der Waals surface area contributed by atoms with Crippen LogP contribution in [0.1, 0.15) is 37.3 Å². The van der Waals surface area contributed by atoms with E-state index in [1.165, 1.54) is 0 Å². The first kappa shape index (κ1) is 16.9. The summed E-state index contributed by atoms with van der Waals surface area (Å²) in [6.07, 6.45) is 3.03. The molecule has 2 N–H and O–H groups in total. The number of hydrogen-bond acceptors (Lipinski definition) is 6. The van der Waals surface area contributed by atoms with Crippen molar-refractivity contribution >= 4 is 11.6 Å². The molecule has 0 bridgehead atoms. The van der Waals surface area contributed by atoms with Gasteiger partial charge in [0.1, 0.15) is 6.10 Å². The monoisotopic (exact) mass is 339 g/mol. The lowest BCUT2D eigenvalue weighted by Crippen LogP contribution is -2.05. The number of hydrogen-bond donors (Lipinski definition) is 2. The van der Waals surface area contributed by atoms with Crippen LogP contribution < -0.4 is 10.1 Å². The van der Waals surface area contributed by atoms with Gasteiger partial charge in [0, 0.05) is 13.2 Å². The number of anilines is 2. The van der Waals surface area contributed by atoms with Crippen LogP contribution >= 0.6 is 0 Å². The van der Waals surface area contributed by atoms with Gasteiger partial charge in [-0.3, -0.25) is 10.1 Å². The Hall–Kier alpha value is -2.93. The first-order valence-electron chi connectivity index (χ1n) is 8.04.